The summed E-state index contributed by atoms with van der Waals surface area (Å²) in [5.74, 6) is -0.604. The maximum Gasteiger partial charge on any atom is 0.501 e. The van der Waals surface area contributed by atoms with Gasteiger partial charge >= 0.3 is 11.5 Å². The number of rotatable bonds is 5. The molecule has 1 fully saturated rings. The van der Waals surface area contributed by atoms with Crippen LogP contribution in [0.3, 0.4) is 0 Å². The van der Waals surface area contributed by atoms with E-state index in [-0.39, 0.29) is 12.2 Å². The molecule has 3 aromatic rings. The summed E-state index contributed by atoms with van der Waals surface area (Å²) >= 11 is 0. The largest absolute Gasteiger partial charge is 0.501 e. The van der Waals surface area contributed by atoms with Crippen molar-refractivity contribution in [2.45, 2.75) is 36.3 Å². The highest BCUT2D eigenvalue weighted by molar-refractivity contribution is 7.92. The first-order valence-electron chi connectivity index (χ1n) is 10.3. The molecular weight excluding hydrogens is 485 g/mol. The van der Waals surface area contributed by atoms with E-state index in [2.05, 4.69) is 9.97 Å². The quantitative estimate of drug-likeness (QED) is 0.483. The van der Waals surface area contributed by atoms with Crippen LogP contribution in [0.5, 0.6) is 0 Å². The summed E-state index contributed by atoms with van der Waals surface area (Å²) in [7, 11) is -5.55. The molecule has 1 aliphatic heterocycles. The number of urea groups is 1. The topological polar surface area (TPSA) is 101 Å². The summed E-state index contributed by atoms with van der Waals surface area (Å²) in [6.45, 7) is 3.16. The zero-order valence-corrected chi connectivity index (χ0v) is 19.3. The molecule has 1 aromatic carbocycles. The lowest BCUT2D eigenvalue weighted by molar-refractivity contribution is -0.123. The summed E-state index contributed by atoms with van der Waals surface area (Å²) in [6.07, 6.45) is 3.19. The fourth-order valence-corrected chi connectivity index (χ4v) is 4.41. The molecule has 8 nitrogen and oxygen atoms in total. The third-order valence-corrected chi connectivity index (χ3v) is 7.13. The highest BCUT2D eigenvalue weighted by Gasteiger charge is 2.52. The predicted octanol–water partition coefficient (Wildman–Crippen LogP) is 4.18. The van der Waals surface area contributed by atoms with Crippen molar-refractivity contribution in [3.63, 3.8) is 0 Å². The van der Waals surface area contributed by atoms with Crippen molar-refractivity contribution in [3.8, 4) is 11.4 Å². The molecule has 35 heavy (non-hydrogen) atoms. The molecule has 0 saturated carbocycles. The van der Waals surface area contributed by atoms with Gasteiger partial charge < -0.3 is 4.90 Å². The van der Waals surface area contributed by atoms with Gasteiger partial charge in [0.2, 0.25) is 0 Å². The van der Waals surface area contributed by atoms with Crippen molar-refractivity contribution in [1.29, 1.82) is 0 Å². The standard InChI is InChI=1S/C23H19F3N4O4S/c1-22(2)20(31)30(16-6-8-17(9-7-16)35(33,34)23(24,25)26)21(32)29(22)14-15-10-12-28-19(13-15)18-5-3-4-11-27-18/h3-13H,14H2,1-2H3. The maximum absolute atomic E-state index is 13.2. The van der Waals surface area contributed by atoms with E-state index >= 15 is 0 Å². The van der Waals surface area contributed by atoms with Gasteiger partial charge in [-0.3, -0.25) is 14.8 Å². The van der Waals surface area contributed by atoms with Crippen LogP contribution in [0.25, 0.3) is 11.4 Å². The van der Waals surface area contributed by atoms with Crippen LogP contribution < -0.4 is 4.90 Å². The van der Waals surface area contributed by atoms with Crippen molar-refractivity contribution < 1.29 is 31.2 Å². The second kappa shape index (κ2) is 8.45. The smallest absolute Gasteiger partial charge is 0.305 e. The molecule has 3 heterocycles. The van der Waals surface area contributed by atoms with Gasteiger partial charge in [-0.05, 0) is 67.9 Å². The Morgan fingerprint density at radius 1 is 0.914 bits per heavy atom. The van der Waals surface area contributed by atoms with Crippen LogP contribution in [0, 0.1) is 0 Å². The van der Waals surface area contributed by atoms with Gasteiger partial charge in [-0.25, -0.2) is 18.1 Å². The molecule has 12 heteroatoms. The summed E-state index contributed by atoms with van der Waals surface area (Å²) < 4.78 is 61.7. The lowest BCUT2D eigenvalue weighted by atomic mass is 10.0. The fourth-order valence-electron chi connectivity index (χ4n) is 3.65. The molecule has 1 aliphatic rings. The van der Waals surface area contributed by atoms with Crippen LogP contribution in [0.2, 0.25) is 0 Å². The van der Waals surface area contributed by atoms with Crippen molar-refractivity contribution >= 4 is 27.5 Å². The number of amides is 3. The van der Waals surface area contributed by atoms with Crippen LogP contribution in [0.15, 0.2) is 71.9 Å². The Morgan fingerprint density at radius 3 is 2.17 bits per heavy atom. The number of carbonyl (C=O) groups excluding carboxylic acids is 2. The molecule has 0 atom stereocenters. The molecule has 0 bridgehead atoms. The minimum absolute atomic E-state index is 0.0411. The molecule has 4 rings (SSSR count). The minimum Gasteiger partial charge on any atom is -0.305 e. The molecule has 0 N–H and O–H groups in total. The molecule has 0 radical (unpaired) electrons. The van der Waals surface area contributed by atoms with E-state index in [9.17, 15) is 31.2 Å². The lowest BCUT2D eigenvalue weighted by Crippen LogP contribution is -2.43. The normalized spacial score (nSPS) is 16.1. The highest BCUT2D eigenvalue weighted by atomic mass is 32.2. The van der Waals surface area contributed by atoms with Crippen molar-refractivity contribution in [2.24, 2.45) is 0 Å². The minimum atomic E-state index is -5.55. The van der Waals surface area contributed by atoms with E-state index in [0.29, 0.717) is 17.0 Å². The second-order valence-corrected chi connectivity index (χ2v) is 10.2. The van der Waals surface area contributed by atoms with Crippen LogP contribution >= 0.6 is 0 Å². The number of aromatic nitrogens is 2. The Balaban J connectivity index is 1.62. The molecule has 182 valence electrons. The number of benzene rings is 1. The van der Waals surface area contributed by atoms with Gasteiger partial charge in [0.05, 0.1) is 22.0 Å². The summed E-state index contributed by atoms with van der Waals surface area (Å²) in [5.41, 5.74) is -4.89. The lowest BCUT2D eigenvalue weighted by Gasteiger charge is -2.27. The van der Waals surface area contributed by atoms with Crippen LogP contribution in [0.4, 0.5) is 23.7 Å². The predicted molar refractivity (Wildman–Crippen MR) is 120 cm³/mol. The van der Waals surface area contributed by atoms with Crippen molar-refractivity contribution in [2.75, 3.05) is 4.90 Å². The molecule has 0 aliphatic carbocycles. The number of alkyl halides is 3. The van der Waals surface area contributed by atoms with Gasteiger partial charge in [0, 0.05) is 18.9 Å². The molecular formula is C23H19F3N4O4S. The SMILES string of the molecule is CC1(C)C(=O)N(c2ccc(S(=O)(=O)C(F)(F)F)cc2)C(=O)N1Cc1ccnc(-c2ccccn2)c1. The number of anilines is 1. The monoisotopic (exact) mass is 504 g/mol. The number of pyridine rings is 2. The average Bonchev–Trinajstić information content (AvgIpc) is 2.98. The van der Waals surface area contributed by atoms with Crippen molar-refractivity contribution in [1.82, 2.24) is 14.9 Å². The van der Waals surface area contributed by atoms with Gasteiger partial charge in [0.15, 0.2) is 0 Å². The van der Waals surface area contributed by atoms with Gasteiger partial charge in [0.1, 0.15) is 5.54 Å². The summed E-state index contributed by atoms with van der Waals surface area (Å²) in [4.78, 5) is 36.1. The number of carbonyl (C=O) groups is 2. The van der Waals surface area contributed by atoms with Gasteiger partial charge in [-0.2, -0.15) is 13.2 Å². The zero-order valence-electron chi connectivity index (χ0n) is 18.5. The summed E-state index contributed by atoms with van der Waals surface area (Å²) in [5, 5.41) is 0. The van der Waals surface area contributed by atoms with Crippen LogP contribution in [-0.2, 0) is 21.2 Å². The third-order valence-electron chi connectivity index (χ3n) is 5.63. The van der Waals surface area contributed by atoms with E-state index in [4.69, 9.17) is 0 Å². The molecule has 1 saturated heterocycles. The Hall–Kier alpha value is -3.80. The molecule has 3 amide bonds. The third kappa shape index (κ3) is 4.25. The molecule has 0 spiro atoms. The second-order valence-electron chi connectivity index (χ2n) is 8.28. The number of halogens is 3. The first-order valence-corrected chi connectivity index (χ1v) is 11.8. The Morgan fingerprint density at radius 2 is 1.57 bits per heavy atom. The van der Waals surface area contributed by atoms with E-state index in [1.54, 1.807) is 50.5 Å². The van der Waals surface area contributed by atoms with E-state index in [1.807, 2.05) is 6.07 Å². The first-order chi connectivity index (χ1) is 16.3. The van der Waals surface area contributed by atoms with Crippen LogP contribution in [0.1, 0.15) is 19.4 Å². The number of nitrogens with zero attached hydrogens (tertiary/aromatic N) is 4. The number of hydrogen-bond donors (Lipinski definition) is 0. The number of hydrogen-bond acceptors (Lipinski definition) is 6. The number of sulfone groups is 1. The molecule has 0 unspecified atom stereocenters. The average molecular weight is 504 g/mol. The molecule has 2 aromatic heterocycles. The van der Waals surface area contributed by atoms with Gasteiger partial charge in [0.25, 0.3) is 15.7 Å². The van der Waals surface area contributed by atoms with Gasteiger partial charge in [-0.1, -0.05) is 6.07 Å². The van der Waals surface area contributed by atoms with Crippen LogP contribution in [-0.4, -0.2) is 46.3 Å². The summed E-state index contributed by atoms with van der Waals surface area (Å²) in [6, 6.07) is 11.5. The Kier molecular flexibility index (Phi) is 5.87. The van der Waals surface area contributed by atoms with Gasteiger partial charge in [-0.15, -0.1) is 0 Å². The fraction of sp³-hybridized carbons (Fsp3) is 0.217. The van der Waals surface area contributed by atoms with E-state index < -0.39 is 37.7 Å². The maximum atomic E-state index is 13.2. The number of imide groups is 1. The Bertz CT molecular complexity index is 1390. The highest BCUT2D eigenvalue weighted by Crippen LogP contribution is 2.35. The van der Waals surface area contributed by atoms with E-state index in [0.717, 1.165) is 29.2 Å². The first kappa shape index (κ1) is 24.3. The van der Waals surface area contributed by atoms with E-state index in [1.165, 1.54) is 4.90 Å². The Labute approximate surface area is 198 Å². The van der Waals surface area contributed by atoms with Crippen molar-refractivity contribution in [3.05, 3.63) is 72.6 Å². The zero-order chi connectivity index (χ0) is 25.6.